The molecule has 0 aliphatic heterocycles. The van der Waals surface area contributed by atoms with Gasteiger partial charge in [0, 0.05) is 6.42 Å². The second-order valence-corrected chi connectivity index (χ2v) is 4.96. The van der Waals surface area contributed by atoms with Gasteiger partial charge in [-0.1, -0.05) is 13.3 Å². The molecule has 17 heavy (non-hydrogen) atoms. The molecule has 102 valence electrons. The highest BCUT2D eigenvalue weighted by molar-refractivity contribution is 7.85. The first-order valence-corrected chi connectivity index (χ1v) is 6.79. The summed E-state index contributed by atoms with van der Waals surface area (Å²) < 4.78 is 25.9. The zero-order valence-corrected chi connectivity index (χ0v) is 10.6. The lowest BCUT2D eigenvalue weighted by molar-refractivity contribution is -0.143. The average molecular weight is 270 g/mol. The van der Waals surface area contributed by atoms with Crippen molar-refractivity contribution in [2.45, 2.75) is 32.6 Å². The van der Waals surface area contributed by atoms with Gasteiger partial charge in [-0.25, -0.2) is 0 Å². The number of hydrogen-bond donors (Lipinski definition) is 3. The molecular formula is C9H18O7S. The molecule has 0 aliphatic rings. The van der Waals surface area contributed by atoms with Crippen LogP contribution in [0.15, 0.2) is 0 Å². The highest BCUT2D eigenvalue weighted by Crippen LogP contribution is 2.13. The maximum Gasteiger partial charge on any atom is 0.306 e. The molecule has 0 saturated heterocycles. The van der Waals surface area contributed by atoms with Crippen molar-refractivity contribution >= 4 is 22.1 Å². The van der Waals surface area contributed by atoms with Crippen molar-refractivity contribution in [2.75, 3.05) is 6.26 Å². The van der Waals surface area contributed by atoms with Gasteiger partial charge in [0.1, 0.15) is 0 Å². The third-order valence-corrected chi connectivity index (χ3v) is 1.69. The van der Waals surface area contributed by atoms with E-state index in [0.717, 1.165) is 6.42 Å². The Labute approximate surface area is 100 Å². The molecule has 1 unspecified atom stereocenters. The SMILES string of the molecule is CCCC(CCC(=O)O)C(=O)O.CS(=O)(=O)O. The van der Waals surface area contributed by atoms with E-state index in [-0.39, 0.29) is 12.8 Å². The molecular weight excluding hydrogens is 252 g/mol. The quantitative estimate of drug-likeness (QED) is 0.610. The first-order chi connectivity index (χ1) is 7.57. The van der Waals surface area contributed by atoms with E-state index in [1.165, 1.54) is 0 Å². The molecule has 0 aromatic carbocycles. The van der Waals surface area contributed by atoms with E-state index in [9.17, 15) is 18.0 Å². The number of aliphatic carboxylic acids is 2. The molecule has 0 spiro atoms. The minimum atomic E-state index is -3.67. The first kappa shape index (κ1) is 18.2. The van der Waals surface area contributed by atoms with Crippen LogP contribution in [0.2, 0.25) is 0 Å². The number of carbonyl (C=O) groups is 2. The Morgan fingerprint density at radius 2 is 1.59 bits per heavy atom. The van der Waals surface area contributed by atoms with Crippen LogP contribution in [0.25, 0.3) is 0 Å². The van der Waals surface area contributed by atoms with Crippen LogP contribution in [0, 0.1) is 5.92 Å². The van der Waals surface area contributed by atoms with Gasteiger partial charge in [0.15, 0.2) is 0 Å². The summed E-state index contributed by atoms with van der Waals surface area (Å²) >= 11 is 0. The van der Waals surface area contributed by atoms with Crippen molar-refractivity contribution in [1.82, 2.24) is 0 Å². The van der Waals surface area contributed by atoms with Gasteiger partial charge in [0.25, 0.3) is 10.1 Å². The van der Waals surface area contributed by atoms with Crippen LogP contribution in [-0.2, 0) is 19.7 Å². The van der Waals surface area contributed by atoms with Gasteiger partial charge in [0.05, 0.1) is 12.2 Å². The molecule has 0 aliphatic carbocycles. The van der Waals surface area contributed by atoms with E-state index >= 15 is 0 Å². The normalized spacial score (nSPS) is 12.2. The van der Waals surface area contributed by atoms with Gasteiger partial charge in [-0.05, 0) is 12.8 Å². The summed E-state index contributed by atoms with van der Waals surface area (Å²) in [5.74, 6) is -2.32. The smallest absolute Gasteiger partial charge is 0.306 e. The van der Waals surface area contributed by atoms with Crippen LogP contribution < -0.4 is 0 Å². The Morgan fingerprint density at radius 3 is 1.82 bits per heavy atom. The fraction of sp³-hybridized carbons (Fsp3) is 0.778. The molecule has 0 bridgehead atoms. The summed E-state index contributed by atoms with van der Waals surface area (Å²) in [6.07, 6.45) is 2.22. The molecule has 8 heteroatoms. The molecule has 7 nitrogen and oxygen atoms in total. The Balaban J connectivity index is 0. The van der Waals surface area contributed by atoms with E-state index in [2.05, 4.69) is 0 Å². The molecule has 0 aromatic rings. The number of hydrogen-bond acceptors (Lipinski definition) is 4. The largest absolute Gasteiger partial charge is 0.481 e. The molecule has 0 radical (unpaired) electrons. The third-order valence-electron chi connectivity index (χ3n) is 1.69. The fourth-order valence-electron chi connectivity index (χ4n) is 1.04. The monoisotopic (exact) mass is 270 g/mol. The Morgan fingerprint density at radius 1 is 1.18 bits per heavy atom. The van der Waals surface area contributed by atoms with Gasteiger partial charge in [0.2, 0.25) is 0 Å². The van der Waals surface area contributed by atoms with Gasteiger partial charge >= 0.3 is 11.9 Å². The van der Waals surface area contributed by atoms with Crippen molar-refractivity contribution in [3.63, 3.8) is 0 Å². The lowest BCUT2D eigenvalue weighted by atomic mass is 9.98. The van der Waals surface area contributed by atoms with Gasteiger partial charge in [-0.15, -0.1) is 0 Å². The average Bonchev–Trinajstić information content (AvgIpc) is 2.08. The van der Waals surface area contributed by atoms with Gasteiger partial charge in [-0.3, -0.25) is 14.1 Å². The highest BCUT2D eigenvalue weighted by Gasteiger charge is 2.16. The van der Waals surface area contributed by atoms with Crippen LogP contribution in [-0.4, -0.2) is 41.4 Å². The zero-order chi connectivity index (χ0) is 14.1. The van der Waals surface area contributed by atoms with E-state index in [1.807, 2.05) is 6.92 Å². The van der Waals surface area contributed by atoms with Crippen LogP contribution >= 0.6 is 0 Å². The molecule has 0 heterocycles. The van der Waals surface area contributed by atoms with Crippen LogP contribution in [0.4, 0.5) is 0 Å². The van der Waals surface area contributed by atoms with Crippen molar-refractivity contribution in [3.8, 4) is 0 Å². The standard InChI is InChI=1S/C8H14O4.CH4O3S/c1-2-3-6(8(11)12)4-5-7(9)10;1-5(2,3)4/h6H,2-5H2,1H3,(H,9,10)(H,11,12);1H3,(H,2,3,4). The van der Waals surface area contributed by atoms with Crippen molar-refractivity contribution < 1.29 is 32.8 Å². The Bertz CT molecular complexity index is 325. The lowest BCUT2D eigenvalue weighted by Crippen LogP contribution is -2.14. The molecule has 0 amide bonds. The highest BCUT2D eigenvalue weighted by atomic mass is 32.2. The van der Waals surface area contributed by atoms with Crippen LogP contribution in [0.1, 0.15) is 32.6 Å². The number of carboxylic acids is 2. The second kappa shape index (κ2) is 8.94. The summed E-state index contributed by atoms with van der Waals surface area (Å²) in [6.45, 7) is 1.89. The lowest BCUT2D eigenvalue weighted by Gasteiger charge is -2.08. The zero-order valence-electron chi connectivity index (χ0n) is 9.79. The molecule has 3 N–H and O–H groups in total. The van der Waals surface area contributed by atoms with Crippen LogP contribution in [0.3, 0.4) is 0 Å². The summed E-state index contributed by atoms with van der Waals surface area (Å²) in [4.78, 5) is 20.6. The Hall–Kier alpha value is -1.15. The van der Waals surface area contributed by atoms with Gasteiger partial charge in [-0.2, -0.15) is 8.42 Å². The topological polar surface area (TPSA) is 129 Å². The second-order valence-electron chi connectivity index (χ2n) is 3.49. The fourth-order valence-corrected chi connectivity index (χ4v) is 1.04. The minimum absolute atomic E-state index is 0.0586. The third kappa shape index (κ3) is 20.8. The maximum atomic E-state index is 10.5. The predicted octanol–water partition coefficient (Wildman–Crippen LogP) is 0.856. The molecule has 0 aromatic heterocycles. The van der Waals surface area contributed by atoms with E-state index in [0.29, 0.717) is 12.7 Å². The van der Waals surface area contributed by atoms with E-state index in [4.69, 9.17) is 14.8 Å². The number of rotatable bonds is 6. The summed E-state index contributed by atoms with van der Waals surface area (Å²) in [5.41, 5.74) is 0. The molecule has 1 atom stereocenters. The van der Waals surface area contributed by atoms with Crippen molar-refractivity contribution in [1.29, 1.82) is 0 Å². The van der Waals surface area contributed by atoms with E-state index in [1.54, 1.807) is 0 Å². The van der Waals surface area contributed by atoms with Gasteiger partial charge < -0.3 is 10.2 Å². The summed E-state index contributed by atoms with van der Waals surface area (Å²) in [7, 11) is -3.67. The maximum absolute atomic E-state index is 10.5. The molecule has 0 fully saturated rings. The Kier molecular flexibility index (Phi) is 9.58. The molecule has 0 saturated carbocycles. The summed E-state index contributed by atoms with van der Waals surface area (Å²) in [6, 6.07) is 0. The molecule has 0 rings (SSSR count). The van der Waals surface area contributed by atoms with E-state index < -0.39 is 28.0 Å². The minimum Gasteiger partial charge on any atom is -0.481 e. The summed E-state index contributed by atoms with van der Waals surface area (Å²) in [5, 5.41) is 16.9. The first-order valence-electron chi connectivity index (χ1n) is 4.95. The van der Waals surface area contributed by atoms with Crippen molar-refractivity contribution in [2.24, 2.45) is 5.92 Å². The predicted molar refractivity (Wildman–Crippen MR) is 60.4 cm³/mol. The number of carboxylic acid groups (broad SMARTS) is 2. The van der Waals surface area contributed by atoms with Crippen LogP contribution in [0.5, 0.6) is 0 Å². The van der Waals surface area contributed by atoms with Crippen molar-refractivity contribution in [3.05, 3.63) is 0 Å².